The zero-order chi connectivity index (χ0) is 11.2. The highest BCUT2D eigenvalue weighted by Gasteiger charge is 2.11. The molecule has 1 heterocycles. The molecule has 1 aliphatic carbocycles. The zero-order valence-corrected chi connectivity index (χ0v) is 10.2. The third-order valence-electron chi connectivity index (χ3n) is 3.49. The number of aryl methyl sites for hydroxylation is 1. The van der Waals surface area contributed by atoms with E-state index in [-0.39, 0.29) is 0 Å². The van der Waals surface area contributed by atoms with Gasteiger partial charge < -0.3 is 5.32 Å². The summed E-state index contributed by atoms with van der Waals surface area (Å²) in [6.07, 6.45) is 11.5. The van der Waals surface area contributed by atoms with Crippen LogP contribution in [0.4, 0.5) is 0 Å². The van der Waals surface area contributed by atoms with Gasteiger partial charge in [0.05, 0.1) is 11.9 Å². The van der Waals surface area contributed by atoms with E-state index in [1.165, 1.54) is 50.6 Å². The first-order valence-corrected chi connectivity index (χ1v) is 6.43. The molecule has 0 bridgehead atoms. The van der Waals surface area contributed by atoms with Gasteiger partial charge in [-0.2, -0.15) is 0 Å². The maximum atomic E-state index is 3.94. The van der Waals surface area contributed by atoms with E-state index in [1.54, 1.807) is 0 Å². The predicted octanol–water partition coefficient (Wildman–Crippen LogP) is 2.02. The topological polar surface area (TPSA) is 42.7 Å². The van der Waals surface area contributed by atoms with Crippen molar-refractivity contribution in [2.75, 3.05) is 0 Å². The van der Waals surface area contributed by atoms with Gasteiger partial charge in [-0.1, -0.05) is 37.3 Å². The van der Waals surface area contributed by atoms with E-state index < -0.39 is 0 Å². The molecule has 0 unspecified atom stereocenters. The Labute approximate surface area is 97.4 Å². The van der Waals surface area contributed by atoms with E-state index in [2.05, 4.69) is 15.6 Å². The van der Waals surface area contributed by atoms with Crippen LogP contribution in [0.2, 0.25) is 0 Å². The summed E-state index contributed by atoms with van der Waals surface area (Å²) in [5.41, 5.74) is 1.17. The number of nitrogens with zero attached hydrogens (tertiary/aromatic N) is 3. The van der Waals surface area contributed by atoms with Gasteiger partial charge in [-0.05, 0) is 12.8 Å². The molecule has 2 rings (SSSR count). The van der Waals surface area contributed by atoms with Gasteiger partial charge in [-0.3, -0.25) is 4.68 Å². The molecular formula is C12H22N4. The summed E-state index contributed by atoms with van der Waals surface area (Å²) in [5.74, 6) is 0. The first-order chi connectivity index (χ1) is 7.86. The average molecular weight is 222 g/mol. The van der Waals surface area contributed by atoms with E-state index in [0.717, 1.165) is 6.54 Å². The Hall–Kier alpha value is -0.900. The lowest BCUT2D eigenvalue weighted by Crippen LogP contribution is -2.29. The number of nitrogens with one attached hydrogen (secondary N) is 1. The molecule has 4 nitrogen and oxygen atoms in total. The second-order valence-electron chi connectivity index (χ2n) is 4.77. The summed E-state index contributed by atoms with van der Waals surface area (Å²) in [6.45, 7) is 0.897. The van der Waals surface area contributed by atoms with E-state index in [9.17, 15) is 0 Å². The quantitative estimate of drug-likeness (QED) is 0.850. The second-order valence-corrected chi connectivity index (χ2v) is 4.77. The number of rotatable bonds is 3. The van der Waals surface area contributed by atoms with Gasteiger partial charge in [-0.15, -0.1) is 5.10 Å². The minimum atomic E-state index is 0.690. The van der Waals surface area contributed by atoms with Crippen molar-refractivity contribution in [2.24, 2.45) is 7.05 Å². The fourth-order valence-electron chi connectivity index (χ4n) is 2.38. The maximum Gasteiger partial charge on any atom is 0.0738 e. The van der Waals surface area contributed by atoms with Crippen LogP contribution in [0.3, 0.4) is 0 Å². The lowest BCUT2D eigenvalue weighted by molar-refractivity contribution is 0.385. The van der Waals surface area contributed by atoms with Crippen LogP contribution >= 0.6 is 0 Å². The van der Waals surface area contributed by atoms with Crippen LogP contribution < -0.4 is 5.32 Å². The lowest BCUT2D eigenvalue weighted by Gasteiger charge is -2.20. The van der Waals surface area contributed by atoms with Crippen molar-refractivity contribution < 1.29 is 0 Å². The van der Waals surface area contributed by atoms with E-state index in [1.807, 2.05) is 17.9 Å². The molecule has 1 N–H and O–H groups in total. The molecule has 1 fully saturated rings. The van der Waals surface area contributed by atoms with Gasteiger partial charge in [0.1, 0.15) is 0 Å². The van der Waals surface area contributed by atoms with E-state index in [4.69, 9.17) is 0 Å². The summed E-state index contributed by atoms with van der Waals surface area (Å²) < 4.78 is 1.84. The standard InChI is InChI=1S/C12H22N4/c1-16-12(10-14-15-16)9-13-11-7-5-3-2-4-6-8-11/h10-11,13H,2-9H2,1H3. The summed E-state index contributed by atoms with van der Waals surface area (Å²) in [7, 11) is 1.95. The van der Waals surface area contributed by atoms with Crippen molar-refractivity contribution in [2.45, 2.75) is 57.5 Å². The molecule has 0 aromatic carbocycles. The molecule has 1 saturated carbocycles. The maximum absolute atomic E-state index is 3.94. The van der Waals surface area contributed by atoms with Crippen LogP contribution in [0, 0.1) is 0 Å². The fourth-order valence-corrected chi connectivity index (χ4v) is 2.38. The summed E-state index contributed by atoms with van der Waals surface area (Å²) in [5, 5.41) is 11.5. The Morgan fingerprint density at radius 3 is 2.56 bits per heavy atom. The molecule has 0 atom stereocenters. The Kier molecular flexibility index (Phi) is 4.34. The third kappa shape index (κ3) is 3.30. The minimum absolute atomic E-state index is 0.690. The van der Waals surface area contributed by atoms with Gasteiger partial charge >= 0.3 is 0 Å². The van der Waals surface area contributed by atoms with Gasteiger partial charge in [-0.25, -0.2) is 0 Å². The van der Waals surface area contributed by atoms with Crippen molar-refractivity contribution in [3.8, 4) is 0 Å². The first kappa shape index (κ1) is 11.6. The van der Waals surface area contributed by atoms with Crippen molar-refractivity contribution in [1.82, 2.24) is 20.3 Å². The molecule has 4 heteroatoms. The normalized spacial score (nSPS) is 19.3. The van der Waals surface area contributed by atoms with Gasteiger partial charge in [0.25, 0.3) is 0 Å². The van der Waals surface area contributed by atoms with Crippen LogP contribution in [0.15, 0.2) is 6.20 Å². The van der Waals surface area contributed by atoms with Gasteiger partial charge in [0, 0.05) is 19.6 Å². The molecule has 0 aliphatic heterocycles. The minimum Gasteiger partial charge on any atom is -0.308 e. The molecular weight excluding hydrogens is 200 g/mol. The van der Waals surface area contributed by atoms with Gasteiger partial charge in [0.15, 0.2) is 0 Å². The highest BCUT2D eigenvalue weighted by molar-refractivity contribution is 4.92. The first-order valence-electron chi connectivity index (χ1n) is 6.43. The van der Waals surface area contributed by atoms with Gasteiger partial charge in [0.2, 0.25) is 0 Å². The van der Waals surface area contributed by atoms with Crippen LogP contribution in [-0.4, -0.2) is 21.0 Å². The largest absolute Gasteiger partial charge is 0.308 e. The van der Waals surface area contributed by atoms with E-state index >= 15 is 0 Å². The molecule has 1 aromatic heterocycles. The molecule has 0 saturated heterocycles. The Bertz CT molecular complexity index is 300. The third-order valence-corrected chi connectivity index (χ3v) is 3.49. The number of aromatic nitrogens is 3. The van der Waals surface area contributed by atoms with E-state index in [0.29, 0.717) is 6.04 Å². The molecule has 0 radical (unpaired) electrons. The Morgan fingerprint density at radius 2 is 1.94 bits per heavy atom. The molecule has 0 amide bonds. The van der Waals surface area contributed by atoms with Crippen LogP contribution in [0.1, 0.15) is 50.6 Å². The van der Waals surface area contributed by atoms with Crippen molar-refractivity contribution in [3.63, 3.8) is 0 Å². The smallest absolute Gasteiger partial charge is 0.0738 e. The van der Waals surface area contributed by atoms with Crippen LogP contribution in [-0.2, 0) is 13.6 Å². The number of hydrogen-bond acceptors (Lipinski definition) is 3. The van der Waals surface area contributed by atoms with Crippen molar-refractivity contribution >= 4 is 0 Å². The SMILES string of the molecule is Cn1nncc1CNC1CCCCCCC1. The molecule has 1 aromatic rings. The Balaban J connectivity index is 1.77. The molecule has 90 valence electrons. The highest BCUT2D eigenvalue weighted by atomic mass is 15.4. The summed E-state index contributed by atoms with van der Waals surface area (Å²) in [4.78, 5) is 0. The fraction of sp³-hybridized carbons (Fsp3) is 0.833. The second kappa shape index (κ2) is 5.99. The highest BCUT2D eigenvalue weighted by Crippen LogP contribution is 2.17. The van der Waals surface area contributed by atoms with Crippen LogP contribution in [0.5, 0.6) is 0 Å². The molecule has 0 spiro atoms. The Morgan fingerprint density at radius 1 is 1.25 bits per heavy atom. The average Bonchev–Trinajstić information content (AvgIpc) is 2.63. The van der Waals surface area contributed by atoms with Crippen molar-refractivity contribution in [3.05, 3.63) is 11.9 Å². The molecule has 1 aliphatic rings. The zero-order valence-electron chi connectivity index (χ0n) is 10.2. The monoisotopic (exact) mass is 222 g/mol. The predicted molar refractivity (Wildman–Crippen MR) is 63.9 cm³/mol. The lowest BCUT2D eigenvalue weighted by atomic mass is 9.97. The summed E-state index contributed by atoms with van der Waals surface area (Å²) in [6, 6.07) is 0.690. The van der Waals surface area contributed by atoms with Crippen LogP contribution in [0.25, 0.3) is 0 Å². The number of hydrogen-bond donors (Lipinski definition) is 1. The molecule has 16 heavy (non-hydrogen) atoms. The summed E-state index contributed by atoms with van der Waals surface area (Å²) >= 11 is 0. The van der Waals surface area contributed by atoms with Crippen molar-refractivity contribution in [1.29, 1.82) is 0 Å².